The molecule has 2 amide bonds. The molecule has 0 aliphatic carbocycles. The van der Waals surface area contributed by atoms with Gasteiger partial charge >= 0.3 is 12.1 Å². The summed E-state index contributed by atoms with van der Waals surface area (Å²) in [4.78, 5) is 48.0. The van der Waals surface area contributed by atoms with Crippen molar-refractivity contribution in [1.29, 1.82) is 0 Å². The number of halogens is 3. The van der Waals surface area contributed by atoms with E-state index in [9.17, 15) is 27.6 Å². The van der Waals surface area contributed by atoms with Gasteiger partial charge < -0.3 is 15.8 Å². The molecule has 1 aliphatic heterocycles. The number of likely N-dealkylation sites (N-methyl/N-ethyl adjacent to an activating group) is 2. The highest BCUT2D eigenvalue weighted by Crippen LogP contribution is 2.37. The Morgan fingerprint density at radius 1 is 1.04 bits per heavy atom. The molecule has 1 heterocycles. The number of alkyl halides is 3. The van der Waals surface area contributed by atoms with Crippen molar-refractivity contribution in [2.24, 2.45) is 10.7 Å². The number of rotatable bonds is 10. The summed E-state index contributed by atoms with van der Waals surface area (Å²) in [6, 6.07) is 19.3. The number of amidine groups is 1. The lowest BCUT2D eigenvalue weighted by atomic mass is 9.79. The predicted octanol–water partition coefficient (Wildman–Crippen LogP) is 6.60. The van der Waals surface area contributed by atoms with Crippen molar-refractivity contribution in [1.82, 2.24) is 15.1 Å². The summed E-state index contributed by atoms with van der Waals surface area (Å²) >= 11 is 0. The van der Waals surface area contributed by atoms with Gasteiger partial charge in [0.2, 0.25) is 0 Å². The fraction of sp³-hybridized carbons (Fsp3) is 0.316. The highest BCUT2D eigenvalue weighted by molar-refractivity contribution is 6.15. The minimum atomic E-state index is -4.66. The number of amides is 2. The molecule has 266 valence electrons. The van der Waals surface area contributed by atoms with Crippen molar-refractivity contribution in [2.45, 2.75) is 58.0 Å². The number of para-hydroxylation sites is 1. The summed E-state index contributed by atoms with van der Waals surface area (Å²) in [5, 5.41) is 2.73. The molecule has 9 nitrogen and oxygen atoms in total. The van der Waals surface area contributed by atoms with E-state index in [1.807, 2.05) is 48.3 Å². The van der Waals surface area contributed by atoms with Crippen LogP contribution in [0.1, 0.15) is 62.1 Å². The van der Waals surface area contributed by atoms with Crippen molar-refractivity contribution in [3.63, 3.8) is 0 Å². The number of nitrogens with zero attached hydrogens (tertiary/aromatic N) is 3. The number of likely N-dealkylation sites (tertiary alicyclic amines) is 1. The van der Waals surface area contributed by atoms with Crippen LogP contribution < -0.4 is 11.1 Å². The third-order valence-corrected chi connectivity index (χ3v) is 7.78. The highest BCUT2D eigenvalue weighted by atomic mass is 19.4. The van der Waals surface area contributed by atoms with E-state index in [0.29, 0.717) is 35.7 Å². The van der Waals surface area contributed by atoms with Gasteiger partial charge in [-0.1, -0.05) is 54.6 Å². The predicted molar refractivity (Wildman–Crippen MR) is 189 cm³/mol. The smallest absolute Gasteiger partial charge is 0.416 e. The normalized spacial score (nSPS) is 18.7. The van der Waals surface area contributed by atoms with Crippen molar-refractivity contribution in [2.75, 3.05) is 20.1 Å². The number of ether oxygens (including phenoxy) is 1. The Balaban J connectivity index is 0.00000702. The van der Waals surface area contributed by atoms with Gasteiger partial charge in [-0.05, 0) is 76.2 Å². The highest BCUT2D eigenvalue weighted by Gasteiger charge is 2.45. The average Bonchev–Trinajstić information content (AvgIpc) is 3.05. The zero-order valence-electron chi connectivity index (χ0n) is 28.7. The number of nitrogens with one attached hydrogen (secondary N) is 1. The first-order valence-corrected chi connectivity index (χ1v) is 16.1. The second-order valence-electron chi connectivity index (χ2n) is 12.9. The van der Waals surface area contributed by atoms with Crippen LogP contribution in [-0.2, 0) is 27.0 Å². The molecule has 12 heteroatoms. The molecule has 0 bridgehead atoms. The molecule has 1 aliphatic rings. The molecule has 3 N–H and O–H groups in total. The summed E-state index contributed by atoms with van der Waals surface area (Å²) in [6.07, 6.45) is -0.214. The summed E-state index contributed by atoms with van der Waals surface area (Å²) in [6.45, 7) is 8.22. The zero-order valence-corrected chi connectivity index (χ0v) is 28.7. The minimum Gasteiger partial charge on any atom is -0.457 e. The molecule has 0 saturated carbocycles. The van der Waals surface area contributed by atoms with Gasteiger partial charge in [0.1, 0.15) is 17.5 Å². The number of carbonyl (C=O) groups is 3. The first-order valence-electron chi connectivity index (χ1n) is 16.1. The van der Waals surface area contributed by atoms with E-state index in [2.05, 4.69) is 5.32 Å². The third-order valence-electron chi connectivity index (χ3n) is 7.78. The van der Waals surface area contributed by atoms with Crippen molar-refractivity contribution in [3.05, 3.63) is 125 Å². The molecular weight excluding hydrogens is 647 g/mol. The largest absolute Gasteiger partial charge is 0.457 e. The fourth-order valence-corrected chi connectivity index (χ4v) is 5.63. The molecule has 1 saturated heterocycles. The second-order valence-corrected chi connectivity index (χ2v) is 12.9. The Labute approximate surface area is 291 Å². The number of esters is 1. The van der Waals surface area contributed by atoms with Crippen LogP contribution >= 0.6 is 0 Å². The van der Waals surface area contributed by atoms with Crippen LogP contribution in [0, 0.1) is 0 Å². The summed E-state index contributed by atoms with van der Waals surface area (Å²) in [5.74, 6) is -2.32. The Morgan fingerprint density at radius 2 is 1.74 bits per heavy atom. The molecule has 2 atom stereocenters. The third kappa shape index (κ3) is 9.69. The van der Waals surface area contributed by atoms with Crippen LogP contribution in [-0.4, -0.2) is 65.2 Å². The average molecular weight is 692 g/mol. The van der Waals surface area contributed by atoms with Crippen LogP contribution in [0.4, 0.5) is 18.9 Å². The van der Waals surface area contributed by atoms with Crippen molar-refractivity contribution < 1.29 is 33.7 Å². The number of carbonyl (C=O) groups excluding carboxylic acids is 3. The Hall–Kier alpha value is -5.23. The van der Waals surface area contributed by atoms with Crippen molar-refractivity contribution in [3.8, 4) is 0 Å². The first kappa shape index (κ1) is 37.6. The molecule has 0 radical (unpaired) electrons. The van der Waals surface area contributed by atoms with Crippen LogP contribution in [0.25, 0.3) is 0 Å². The topological polar surface area (TPSA) is 117 Å². The second kappa shape index (κ2) is 16.0. The van der Waals surface area contributed by atoms with E-state index in [1.54, 1.807) is 52.0 Å². The summed E-state index contributed by atoms with van der Waals surface area (Å²) in [5.41, 5.74) is 6.97. The number of hydrogen-bond acceptors (Lipinski definition) is 7. The number of piperidine rings is 1. The van der Waals surface area contributed by atoms with Gasteiger partial charge in [0.15, 0.2) is 0 Å². The number of benzene rings is 3. The maximum atomic E-state index is 14.2. The molecule has 4 rings (SSSR count). The minimum absolute atomic E-state index is 0. The Morgan fingerprint density at radius 3 is 2.38 bits per heavy atom. The van der Waals surface area contributed by atoms with E-state index >= 15 is 0 Å². The van der Waals surface area contributed by atoms with Gasteiger partial charge in [0.25, 0.3) is 11.8 Å². The van der Waals surface area contributed by atoms with Crippen LogP contribution in [0.2, 0.25) is 0 Å². The van der Waals surface area contributed by atoms with Gasteiger partial charge in [-0.15, -0.1) is 0 Å². The quantitative estimate of drug-likeness (QED) is 0.183. The molecule has 3 aromatic rings. The van der Waals surface area contributed by atoms with Gasteiger partial charge in [0.05, 0.1) is 11.3 Å². The zero-order chi connectivity index (χ0) is 36.6. The Kier molecular flexibility index (Phi) is 12.0. The van der Waals surface area contributed by atoms with Gasteiger partial charge in [-0.25, -0.2) is 9.79 Å². The number of hydrogen-bond donors (Lipinski definition) is 2. The molecule has 0 unspecified atom stereocenters. The van der Waals surface area contributed by atoms with E-state index in [-0.39, 0.29) is 13.5 Å². The lowest BCUT2D eigenvalue weighted by Gasteiger charge is -2.40. The van der Waals surface area contributed by atoms with E-state index in [1.165, 1.54) is 23.2 Å². The van der Waals surface area contributed by atoms with Crippen molar-refractivity contribution >= 4 is 29.3 Å². The molecule has 1 fully saturated rings. The first-order chi connectivity index (χ1) is 23.6. The van der Waals surface area contributed by atoms with E-state index in [0.717, 1.165) is 23.8 Å². The summed E-state index contributed by atoms with van der Waals surface area (Å²) in [7, 11) is 1.88. The van der Waals surface area contributed by atoms with Crippen LogP contribution in [0.15, 0.2) is 108 Å². The summed E-state index contributed by atoms with van der Waals surface area (Å²) < 4.78 is 45.8. The monoisotopic (exact) mass is 691 g/mol. The molecule has 3 aromatic carbocycles. The lowest BCUT2D eigenvalue weighted by molar-refractivity contribution is -0.148. The molecule has 0 spiro atoms. The van der Waals surface area contributed by atoms with Crippen LogP contribution in [0.5, 0.6) is 0 Å². The van der Waals surface area contributed by atoms with Gasteiger partial charge in [-0.3, -0.25) is 19.4 Å². The molecule has 50 heavy (non-hydrogen) atoms. The molecule has 0 aromatic heterocycles. The number of nitrogens with two attached hydrogens (primary N) is 1. The number of aliphatic imine (C=N–C) groups is 1. The lowest BCUT2D eigenvalue weighted by Crippen LogP contribution is -2.59. The van der Waals surface area contributed by atoms with Crippen LogP contribution in [0.3, 0.4) is 0 Å². The SMILES string of the molecule is CCN1C(=O)[C@@H](NC(=O)c2cccc(C(F)(F)F)c2)[C@H](c2cccc(CN(C)C/C=C/C(=O)OC(C)(C)C)c2)/C(=C/N)C1=Nc1ccccc1.[HH]. The van der Waals surface area contributed by atoms with E-state index < -0.39 is 47.1 Å². The Bertz CT molecular complexity index is 1790. The standard InChI is InChI=1S/C38H42F3N5O4.H2/c1-6-46-34(43-29-17-8-7-9-18-29)30(23-42)32(33(36(46)49)44-35(48)27-15-11-16-28(22-27)38(39,40)41)26-14-10-13-25(21-26)24-45(5)20-12-19-31(47)50-37(2,3)4;/h7-19,21-23,32-33H,6,20,24,42H2,1-5H3,(H,44,48);1H/b19-12+,30-23-,43-34?;/t32-,33+;/m1./s1. The van der Waals surface area contributed by atoms with Gasteiger partial charge in [-0.2, -0.15) is 13.2 Å². The maximum absolute atomic E-state index is 14.2. The maximum Gasteiger partial charge on any atom is 0.416 e. The van der Waals surface area contributed by atoms with E-state index in [4.69, 9.17) is 15.5 Å². The van der Waals surface area contributed by atoms with Gasteiger partial charge in [0, 0.05) is 50.4 Å². The molecular formula is C38H44F3N5O4. The fourth-order valence-electron chi connectivity index (χ4n) is 5.63.